The molecule has 4 amide bonds. The minimum atomic E-state index is -0.846. The summed E-state index contributed by atoms with van der Waals surface area (Å²) in [5.74, 6) is -0.159. The zero-order valence-electron chi connectivity index (χ0n) is 17.6. The number of carbonyl (C=O) groups excluding carboxylic acids is 3. The number of urea groups is 1. The van der Waals surface area contributed by atoms with Crippen LogP contribution in [0.15, 0.2) is 76.8 Å². The normalized spacial score (nSPS) is 16.1. The van der Waals surface area contributed by atoms with E-state index >= 15 is 0 Å². The molecule has 2 heterocycles. The van der Waals surface area contributed by atoms with Gasteiger partial charge in [-0.15, -0.1) is 0 Å². The Morgan fingerprint density at radius 1 is 0.971 bits per heavy atom. The highest BCUT2D eigenvalue weighted by Crippen LogP contribution is 2.36. The number of carbonyl (C=O) groups is 3. The first kappa shape index (κ1) is 21.7. The fourth-order valence-electron chi connectivity index (χ4n) is 3.57. The molecule has 1 N–H and O–H groups in total. The molecule has 0 aliphatic carbocycles. The number of imide groups is 2. The summed E-state index contributed by atoms with van der Waals surface area (Å²) in [6.45, 7) is 0.359. The Morgan fingerprint density at radius 3 is 2.59 bits per heavy atom. The largest absolute Gasteiger partial charge is 0.488 e. The van der Waals surface area contributed by atoms with Crippen molar-refractivity contribution in [2.45, 2.75) is 6.61 Å². The van der Waals surface area contributed by atoms with Gasteiger partial charge in [0, 0.05) is 16.1 Å². The monoisotopic (exact) mass is 520 g/mol. The maximum absolute atomic E-state index is 13.3. The van der Waals surface area contributed by atoms with E-state index in [0.717, 1.165) is 14.9 Å². The molecule has 1 saturated heterocycles. The van der Waals surface area contributed by atoms with Crippen LogP contribution in [-0.4, -0.2) is 24.6 Å². The van der Waals surface area contributed by atoms with Gasteiger partial charge in [0.25, 0.3) is 11.8 Å². The van der Waals surface area contributed by atoms with Gasteiger partial charge in [0.15, 0.2) is 11.5 Å². The number of benzene rings is 3. The Labute approximate surface area is 202 Å². The number of hydrogen-bond acceptors (Lipinski definition) is 6. The van der Waals surface area contributed by atoms with Crippen LogP contribution in [0.5, 0.6) is 17.2 Å². The lowest BCUT2D eigenvalue weighted by molar-refractivity contribution is -0.122. The Morgan fingerprint density at radius 2 is 1.76 bits per heavy atom. The van der Waals surface area contributed by atoms with E-state index in [9.17, 15) is 14.4 Å². The lowest BCUT2D eigenvalue weighted by atomic mass is 10.1. The summed E-state index contributed by atoms with van der Waals surface area (Å²) >= 11 is 3.41. The number of amides is 4. The number of nitrogens with one attached hydrogen (secondary N) is 1. The Bertz CT molecular complexity index is 1340. The van der Waals surface area contributed by atoms with Crippen molar-refractivity contribution in [2.75, 3.05) is 11.7 Å². The van der Waals surface area contributed by atoms with Crippen molar-refractivity contribution in [3.05, 3.63) is 87.9 Å². The van der Waals surface area contributed by atoms with Crippen molar-refractivity contribution < 1.29 is 28.6 Å². The highest BCUT2D eigenvalue weighted by Gasteiger charge is 2.37. The van der Waals surface area contributed by atoms with Gasteiger partial charge in [-0.2, -0.15) is 0 Å². The number of rotatable bonds is 5. The standard InChI is InChI=1S/C25H17BrN2O6/c26-17-6-8-20(32-13-15-4-2-1-3-5-15)16(10-17)11-19-23(29)27-25(31)28(24(19)30)18-7-9-21-22(12-18)34-14-33-21/h1-12H,13-14H2,(H,27,29,31)/b19-11+. The first-order valence-electron chi connectivity index (χ1n) is 10.3. The van der Waals surface area contributed by atoms with Crippen LogP contribution in [0.1, 0.15) is 11.1 Å². The molecule has 9 heteroatoms. The van der Waals surface area contributed by atoms with Gasteiger partial charge in [-0.1, -0.05) is 46.3 Å². The van der Waals surface area contributed by atoms with E-state index in [2.05, 4.69) is 21.2 Å². The van der Waals surface area contributed by atoms with Crippen LogP contribution in [0.2, 0.25) is 0 Å². The SMILES string of the molecule is O=C1NC(=O)N(c2ccc3c(c2)OCO3)C(=O)/C1=C/c1cc(Br)ccc1OCc1ccccc1. The molecular weight excluding hydrogens is 504 g/mol. The molecule has 0 spiro atoms. The van der Waals surface area contributed by atoms with Crippen molar-refractivity contribution in [3.63, 3.8) is 0 Å². The lowest BCUT2D eigenvalue weighted by Crippen LogP contribution is -2.54. The van der Waals surface area contributed by atoms with Crippen LogP contribution >= 0.6 is 15.9 Å². The summed E-state index contributed by atoms with van der Waals surface area (Å²) in [6.07, 6.45) is 1.41. The summed E-state index contributed by atoms with van der Waals surface area (Å²) in [5, 5.41) is 2.22. The second kappa shape index (κ2) is 9.03. The van der Waals surface area contributed by atoms with Crippen LogP contribution in [0, 0.1) is 0 Å². The smallest absolute Gasteiger partial charge is 0.335 e. The van der Waals surface area contributed by atoms with Gasteiger partial charge in [-0.25, -0.2) is 9.69 Å². The van der Waals surface area contributed by atoms with Gasteiger partial charge in [-0.3, -0.25) is 14.9 Å². The van der Waals surface area contributed by atoms with Crippen LogP contribution in [0.25, 0.3) is 6.08 Å². The van der Waals surface area contributed by atoms with E-state index in [0.29, 0.717) is 29.4 Å². The van der Waals surface area contributed by atoms with Crippen molar-refractivity contribution in [1.82, 2.24) is 5.32 Å². The molecule has 34 heavy (non-hydrogen) atoms. The highest BCUT2D eigenvalue weighted by atomic mass is 79.9. The maximum atomic E-state index is 13.3. The molecule has 8 nitrogen and oxygen atoms in total. The maximum Gasteiger partial charge on any atom is 0.335 e. The number of ether oxygens (including phenoxy) is 3. The molecule has 2 aliphatic heterocycles. The first-order valence-corrected chi connectivity index (χ1v) is 11.1. The fourth-order valence-corrected chi connectivity index (χ4v) is 3.95. The highest BCUT2D eigenvalue weighted by molar-refractivity contribution is 9.10. The van der Waals surface area contributed by atoms with Crippen LogP contribution in [-0.2, 0) is 16.2 Å². The van der Waals surface area contributed by atoms with E-state index in [1.807, 2.05) is 30.3 Å². The molecule has 2 aliphatic rings. The average molecular weight is 521 g/mol. The number of hydrogen-bond donors (Lipinski definition) is 1. The second-order valence-electron chi connectivity index (χ2n) is 7.45. The molecule has 170 valence electrons. The quantitative estimate of drug-likeness (QED) is 0.395. The molecule has 3 aromatic carbocycles. The number of nitrogens with zero attached hydrogens (tertiary/aromatic N) is 1. The average Bonchev–Trinajstić information content (AvgIpc) is 3.30. The topological polar surface area (TPSA) is 94.2 Å². The first-order chi connectivity index (χ1) is 16.5. The summed E-state index contributed by atoms with van der Waals surface area (Å²) in [5.41, 5.74) is 1.51. The molecular formula is C25H17BrN2O6. The number of barbiturate groups is 1. The van der Waals surface area contributed by atoms with Gasteiger partial charge in [0.2, 0.25) is 6.79 Å². The van der Waals surface area contributed by atoms with Crippen molar-refractivity contribution in [1.29, 1.82) is 0 Å². The molecule has 0 radical (unpaired) electrons. The molecule has 3 aromatic rings. The van der Waals surface area contributed by atoms with Crippen LogP contribution < -0.4 is 24.4 Å². The van der Waals surface area contributed by atoms with Gasteiger partial charge in [-0.05, 0) is 42.0 Å². The van der Waals surface area contributed by atoms with Gasteiger partial charge in [0.05, 0.1) is 5.69 Å². The van der Waals surface area contributed by atoms with Crippen molar-refractivity contribution in [2.24, 2.45) is 0 Å². The summed E-state index contributed by atoms with van der Waals surface area (Å²) in [7, 11) is 0. The Balaban J connectivity index is 1.47. The molecule has 0 bridgehead atoms. The van der Waals surface area contributed by atoms with E-state index < -0.39 is 17.8 Å². The third-order valence-corrected chi connectivity index (χ3v) is 5.72. The predicted octanol–water partition coefficient (Wildman–Crippen LogP) is 4.42. The predicted molar refractivity (Wildman–Crippen MR) is 126 cm³/mol. The van der Waals surface area contributed by atoms with E-state index in [4.69, 9.17) is 14.2 Å². The minimum Gasteiger partial charge on any atom is -0.488 e. The summed E-state index contributed by atoms with van der Waals surface area (Å²) < 4.78 is 17.3. The second-order valence-corrected chi connectivity index (χ2v) is 8.37. The molecule has 0 aromatic heterocycles. The van der Waals surface area contributed by atoms with E-state index in [1.54, 1.807) is 30.3 Å². The van der Waals surface area contributed by atoms with Gasteiger partial charge >= 0.3 is 6.03 Å². The third-order valence-electron chi connectivity index (χ3n) is 5.22. The molecule has 0 atom stereocenters. The van der Waals surface area contributed by atoms with Crippen LogP contribution in [0.4, 0.5) is 10.5 Å². The van der Waals surface area contributed by atoms with Gasteiger partial charge < -0.3 is 14.2 Å². The van der Waals surface area contributed by atoms with Gasteiger partial charge in [0.1, 0.15) is 17.9 Å². The molecule has 0 saturated carbocycles. The number of anilines is 1. The molecule has 0 unspecified atom stereocenters. The zero-order valence-corrected chi connectivity index (χ0v) is 19.2. The van der Waals surface area contributed by atoms with Crippen LogP contribution in [0.3, 0.4) is 0 Å². The number of fused-ring (bicyclic) bond motifs is 1. The van der Waals surface area contributed by atoms with E-state index in [-0.39, 0.29) is 18.1 Å². The van der Waals surface area contributed by atoms with Crippen molar-refractivity contribution >= 4 is 45.5 Å². The molecule has 5 rings (SSSR count). The Hall–Kier alpha value is -4.11. The number of halogens is 1. The Kier molecular flexibility index (Phi) is 5.77. The minimum absolute atomic E-state index is 0.0528. The summed E-state index contributed by atoms with van der Waals surface area (Å²) in [4.78, 5) is 39.3. The lowest BCUT2D eigenvalue weighted by Gasteiger charge is -2.26. The van der Waals surface area contributed by atoms with E-state index in [1.165, 1.54) is 12.1 Å². The zero-order chi connectivity index (χ0) is 23.7. The fraction of sp³-hybridized carbons (Fsp3) is 0.0800. The van der Waals surface area contributed by atoms with Crippen molar-refractivity contribution in [3.8, 4) is 17.2 Å². The third kappa shape index (κ3) is 4.25. The molecule has 1 fully saturated rings. The summed E-state index contributed by atoms with van der Waals surface area (Å²) in [6, 6.07) is 18.7.